The minimum atomic E-state index is 0.375. The number of anilines is 1. The van der Waals surface area contributed by atoms with E-state index in [1.165, 1.54) is 24.8 Å². The lowest BCUT2D eigenvalue weighted by molar-refractivity contribution is 0.178. The van der Waals surface area contributed by atoms with Crippen molar-refractivity contribution >= 4 is 5.82 Å². The lowest BCUT2D eigenvalue weighted by Crippen LogP contribution is -2.08. The lowest BCUT2D eigenvalue weighted by atomic mass is 9.79. The molecule has 1 aromatic heterocycles. The Kier molecular flexibility index (Phi) is 3.65. The van der Waals surface area contributed by atoms with Gasteiger partial charge in [0.1, 0.15) is 12.4 Å². The summed E-state index contributed by atoms with van der Waals surface area (Å²) >= 11 is 0. The summed E-state index contributed by atoms with van der Waals surface area (Å²) in [4.78, 5) is 8.70. The Morgan fingerprint density at radius 1 is 1.25 bits per heavy atom. The van der Waals surface area contributed by atoms with Gasteiger partial charge in [0.2, 0.25) is 0 Å². The van der Waals surface area contributed by atoms with E-state index in [9.17, 15) is 0 Å². The highest BCUT2D eigenvalue weighted by atomic mass is 16.5. The molecule has 0 saturated heterocycles. The molecule has 0 unspecified atom stereocenters. The number of aromatic nitrogens is 2. The van der Waals surface area contributed by atoms with Gasteiger partial charge in [0, 0.05) is 18.7 Å². The van der Waals surface area contributed by atoms with Crippen molar-refractivity contribution in [2.75, 3.05) is 12.8 Å². The molecule has 1 aliphatic rings. The van der Waals surface area contributed by atoms with Crippen LogP contribution >= 0.6 is 0 Å². The van der Waals surface area contributed by atoms with Crippen LogP contribution < -0.4 is 5.73 Å². The van der Waals surface area contributed by atoms with Crippen molar-refractivity contribution in [2.24, 2.45) is 0 Å². The zero-order valence-corrected chi connectivity index (χ0v) is 11.7. The third kappa shape index (κ3) is 2.65. The Bertz CT molecular complexity index is 608. The molecule has 0 aliphatic heterocycles. The monoisotopic (exact) mass is 269 g/mol. The van der Waals surface area contributed by atoms with Gasteiger partial charge in [-0.25, -0.2) is 9.97 Å². The second kappa shape index (κ2) is 5.59. The highest BCUT2D eigenvalue weighted by Crippen LogP contribution is 2.37. The molecule has 2 aromatic rings. The minimum absolute atomic E-state index is 0.375. The summed E-state index contributed by atoms with van der Waals surface area (Å²) in [7, 11) is 1.63. The van der Waals surface area contributed by atoms with Gasteiger partial charge in [-0.05, 0) is 30.4 Å². The van der Waals surface area contributed by atoms with Crippen molar-refractivity contribution in [3.63, 3.8) is 0 Å². The van der Waals surface area contributed by atoms with Gasteiger partial charge in [0.15, 0.2) is 5.82 Å². The summed E-state index contributed by atoms with van der Waals surface area (Å²) in [6.45, 7) is 0.375. The van der Waals surface area contributed by atoms with Crippen molar-refractivity contribution in [3.8, 4) is 11.3 Å². The molecule has 4 nitrogen and oxygen atoms in total. The highest BCUT2D eigenvalue weighted by Gasteiger charge is 2.19. The Morgan fingerprint density at radius 3 is 2.80 bits per heavy atom. The zero-order valence-electron chi connectivity index (χ0n) is 11.7. The van der Waals surface area contributed by atoms with E-state index in [4.69, 9.17) is 10.5 Å². The van der Waals surface area contributed by atoms with Crippen LogP contribution in [0.1, 0.15) is 36.6 Å². The molecule has 4 heteroatoms. The first-order chi connectivity index (χ1) is 9.76. The first kappa shape index (κ1) is 13.1. The maximum Gasteiger partial charge on any atom is 0.157 e. The Hall–Kier alpha value is -1.94. The van der Waals surface area contributed by atoms with Gasteiger partial charge in [-0.3, -0.25) is 0 Å². The predicted octanol–water partition coefficient (Wildman–Crippen LogP) is 3.14. The second-order valence-electron chi connectivity index (χ2n) is 5.28. The Balaban J connectivity index is 1.95. The van der Waals surface area contributed by atoms with Crippen LogP contribution in [0.25, 0.3) is 11.3 Å². The highest BCUT2D eigenvalue weighted by molar-refractivity contribution is 5.63. The Labute approximate surface area is 119 Å². The standard InChI is InChI=1S/C16H19N3O/c1-20-10-16-18-14(9-15(17)19-16)13-7-3-6-12(8-13)11-4-2-5-11/h3,6-9,11H,2,4-5,10H2,1H3,(H2,17,18,19). The summed E-state index contributed by atoms with van der Waals surface area (Å²) in [5, 5.41) is 0. The zero-order chi connectivity index (χ0) is 13.9. The number of nitrogen functional groups attached to an aromatic ring is 1. The molecule has 0 radical (unpaired) electrons. The molecule has 1 fully saturated rings. The van der Waals surface area contributed by atoms with Gasteiger partial charge >= 0.3 is 0 Å². The van der Waals surface area contributed by atoms with Crippen LogP contribution in [0.2, 0.25) is 0 Å². The molecular formula is C16H19N3O. The molecule has 0 bridgehead atoms. The quantitative estimate of drug-likeness (QED) is 0.926. The van der Waals surface area contributed by atoms with Crippen LogP contribution in [-0.4, -0.2) is 17.1 Å². The fourth-order valence-corrected chi connectivity index (χ4v) is 2.55. The third-order valence-electron chi connectivity index (χ3n) is 3.82. The number of nitrogens with zero attached hydrogens (tertiary/aromatic N) is 2. The number of hydrogen-bond donors (Lipinski definition) is 1. The van der Waals surface area contributed by atoms with E-state index < -0.39 is 0 Å². The lowest BCUT2D eigenvalue weighted by Gasteiger charge is -2.26. The van der Waals surface area contributed by atoms with Crippen molar-refractivity contribution in [2.45, 2.75) is 31.8 Å². The van der Waals surface area contributed by atoms with Gasteiger partial charge in [-0.2, -0.15) is 0 Å². The van der Waals surface area contributed by atoms with E-state index in [2.05, 4.69) is 34.2 Å². The third-order valence-corrected chi connectivity index (χ3v) is 3.82. The number of methoxy groups -OCH3 is 1. The van der Waals surface area contributed by atoms with E-state index in [1.54, 1.807) is 7.11 Å². The molecule has 20 heavy (non-hydrogen) atoms. The van der Waals surface area contributed by atoms with Crippen LogP contribution in [0.3, 0.4) is 0 Å². The molecule has 0 amide bonds. The number of nitrogens with two attached hydrogens (primary N) is 1. The van der Waals surface area contributed by atoms with E-state index in [1.807, 2.05) is 6.07 Å². The first-order valence-corrected chi connectivity index (χ1v) is 6.99. The van der Waals surface area contributed by atoms with Crippen molar-refractivity contribution in [1.29, 1.82) is 0 Å². The number of hydrogen-bond acceptors (Lipinski definition) is 4. The van der Waals surface area contributed by atoms with Crippen molar-refractivity contribution < 1.29 is 4.74 Å². The number of rotatable bonds is 4. The normalized spacial score (nSPS) is 15.1. The van der Waals surface area contributed by atoms with Crippen LogP contribution in [0.4, 0.5) is 5.82 Å². The van der Waals surface area contributed by atoms with E-state index in [0.717, 1.165) is 11.3 Å². The molecule has 1 saturated carbocycles. The van der Waals surface area contributed by atoms with E-state index in [-0.39, 0.29) is 0 Å². The first-order valence-electron chi connectivity index (χ1n) is 6.99. The summed E-state index contributed by atoms with van der Waals surface area (Å²) in [5.41, 5.74) is 9.22. The van der Waals surface area contributed by atoms with Crippen LogP contribution in [0.5, 0.6) is 0 Å². The van der Waals surface area contributed by atoms with Crippen LogP contribution in [0.15, 0.2) is 30.3 Å². The molecule has 104 valence electrons. The number of ether oxygens (including phenoxy) is 1. The fraction of sp³-hybridized carbons (Fsp3) is 0.375. The smallest absolute Gasteiger partial charge is 0.157 e. The SMILES string of the molecule is COCc1nc(N)cc(-c2cccc(C3CCC3)c2)n1. The predicted molar refractivity (Wildman–Crippen MR) is 79.2 cm³/mol. The van der Waals surface area contributed by atoms with Gasteiger partial charge in [-0.15, -0.1) is 0 Å². The van der Waals surface area contributed by atoms with Crippen LogP contribution in [0, 0.1) is 0 Å². The summed E-state index contributed by atoms with van der Waals surface area (Å²) in [6, 6.07) is 10.4. The van der Waals surface area contributed by atoms with Gasteiger partial charge in [0.05, 0.1) is 5.69 Å². The molecule has 2 N–H and O–H groups in total. The van der Waals surface area contributed by atoms with Crippen molar-refractivity contribution in [1.82, 2.24) is 9.97 Å². The minimum Gasteiger partial charge on any atom is -0.384 e. The largest absolute Gasteiger partial charge is 0.384 e. The van der Waals surface area contributed by atoms with Gasteiger partial charge in [-0.1, -0.05) is 24.6 Å². The second-order valence-corrected chi connectivity index (χ2v) is 5.28. The molecule has 1 heterocycles. The van der Waals surface area contributed by atoms with E-state index >= 15 is 0 Å². The topological polar surface area (TPSA) is 61.0 Å². The number of benzene rings is 1. The van der Waals surface area contributed by atoms with Crippen molar-refractivity contribution in [3.05, 3.63) is 41.7 Å². The summed E-state index contributed by atoms with van der Waals surface area (Å²) in [6.07, 6.45) is 3.93. The maximum absolute atomic E-state index is 5.86. The fourth-order valence-electron chi connectivity index (χ4n) is 2.55. The Morgan fingerprint density at radius 2 is 2.10 bits per heavy atom. The van der Waals surface area contributed by atoms with Gasteiger partial charge < -0.3 is 10.5 Å². The van der Waals surface area contributed by atoms with Crippen LogP contribution in [-0.2, 0) is 11.3 Å². The van der Waals surface area contributed by atoms with Gasteiger partial charge in [0.25, 0.3) is 0 Å². The molecular weight excluding hydrogens is 250 g/mol. The summed E-state index contributed by atoms with van der Waals surface area (Å²) in [5.74, 6) is 1.82. The average Bonchev–Trinajstić information content (AvgIpc) is 2.37. The van der Waals surface area contributed by atoms with E-state index in [0.29, 0.717) is 24.2 Å². The maximum atomic E-state index is 5.86. The molecule has 0 spiro atoms. The molecule has 1 aromatic carbocycles. The molecule has 1 aliphatic carbocycles. The molecule has 0 atom stereocenters. The average molecular weight is 269 g/mol. The molecule has 3 rings (SSSR count). The summed E-state index contributed by atoms with van der Waals surface area (Å²) < 4.78 is 5.08.